The van der Waals surface area contributed by atoms with Crippen molar-refractivity contribution in [3.8, 4) is 5.75 Å². The number of fused-ring (bicyclic) bond motifs is 2. The van der Waals surface area contributed by atoms with Crippen molar-refractivity contribution < 1.29 is 23.7 Å². The predicted molar refractivity (Wildman–Crippen MR) is 111 cm³/mol. The lowest BCUT2D eigenvalue weighted by Crippen LogP contribution is -2.35. The Kier molecular flexibility index (Phi) is 5.01. The van der Waals surface area contributed by atoms with Gasteiger partial charge in [-0.15, -0.1) is 0 Å². The summed E-state index contributed by atoms with van der Waals surface area (Å²) in [5.74, 6) is -1.70. The number of hydrogen-bond acceptors (Lipinski definition) is 6. The summed E-state index contributed by atoms with van der Waals surface area (Å²) in [7, 11) is 0. The van der Waals surface area contributed by atoms with E-state index in [1.807, 2.05) is 0 Å². The van der Waals surface area contributed by atoms with Crippen LogP contribution in [0.1, 0.15) is 23.6 Å². The van der Waals surface area contributed by atoms with E-state index in [1.165, 1.54) is 6.20 Å². The van der Waals surface area contributed by atoms with E-state index in [0.29, 0.717) is 46.8 Å². The Morgan fingerprint density at radius 3 is 2.87 bits per heavy atom. The molecule has 1 fully saturated rings. The van der Waals surface area contributed by atoms with Crippen LogP contribution in [0.3, 0.4) is 0 Å². The summed E-state index contributed by atoms with van der Waals surface area (Å²) < 4.78 is 36.0. The molecule has 164 valence electrons. The Labute approximate surface area is 181 Å². The Bertz CT molecular complexity index is 1170. The number of ether oxygens (including phenoxy) is 1. The lowest BCUT2D eigenvalue weighted by Gasteiger charge is -2.25. The zero-order valence-electron chi connectivity index (χ0n) is 16.4. The molecular formula is C21H21ClF2N4O3. The molecule has 1 aliphatic heterocycles. The number of aliphatic hydroxyl groups excluding tert-OH is 2. The Morgan fingerprint density at radius 2 is 2.06 bits per heavy atom. The second-order valence-electron chi connectivity index (χ2n) is 7.98. The summed E-state index contributed by atoms with van der Waals surface area (Å²) in [6, 6.07) is 2.03. The minimum atomic E-state index is -1.25. The smallest absolute Gasteiger partial charge is 0.162 e. The van der Waals surface area contributed by atoms with Crippen molar-refractivity contribution in [3.63, 3.8) is 0 Å². The first-order valence-electron chi connectivity index (χ1n) is 10.0. The molecule has 3 heterocycles. The van der Waals surface area contributed by atoms with Gasteiger partial charge in [0.1, 0.15) is 29.7 Å². The molecule has 1 saturated carbocycles. The highest BCUT2D eigenvalue weighted by molar-refractivity contribution is 6.36. The first-order valence-corrected chi connectivity index (χ1v) is 10.4. The average molecular weight is 451 g/mol. The van der Waals surface area contributed by atoms with Gasteiger partial charge in [-0.1, -0.05) is 11.6 Å². The molecule has 0 amide bonds. The van der Waals surface area contributed by atoms with Crippen LogP contribution in [0, 0.1) is 11.6 Å². The number of aliphatic hydroxyl groups is 2. The number of nitrogen functional groups attached to an aromatic ring is 1. The highest BCUT2D eigenvalue weighted by atomic mass is 35.5. The topological polar surface area (TPSA) is 106 Å². The van der Waals surface area contributed by atoms with E-state index in [4.69, 9.17) is 22.1 Å². The molecule has 3 aromatic rings. The number of nitrogens with zero attached hydrogens (tertiary/aromatic N) is 2. The van der Waals surface area contributed by atoms with Gasteiger partial charge >= 0.3 is 0 Å². The maximum Gasteiger partial charge on any atom is 0.162 e. The van der Waals surface area contributed by atoms with E-state index in [1.54, 1.807) is 16.8 Å². The maximum absolute atomic E-state index is 14.2. The van der Waals surface area contributed by atoms with Crippen molar-refractivity contribution >= 4 is 28.3 Å². The van der Waals surface area contributed by atoms with Gasteiger partial charge in [0.05, 0.1) is 16.5 Å². The van der Waals surface area contributed by atoms with Crippen LogP contribution in [-0.2, 0) is 13.0 Å². The molecule has 0 spiro atoms. The summed E-state index contributed by atoms with van der Waals surface area (Å²) in [5.41, 5.74) is 7.75. The highest BCUT2D eigenvalue weighted by Crippen LogP contribution is 2.40. The largest absolute Gasteiger partial charge is 0.487 e. The van der Waals surface area contributed by atoms with Gasteiger partial charge in [0.25, 0.3) is 0 Å². The van der Waals surface area contributed by atoms with Crippen molar-refractivity contribution in [2.45, 2.75) is 43.7 Å². The molecule has 5 N–H and O–H groups in total. The number of anilines is 1. The van der Waals surface area contributed by atoms with E-state index < -0.39 is 36.0 Å². The van der Waals surface area contributed by atoms with Crippen LogP contribution in [0.15, 0.2) is 24.5 Å². The molecule has 1 aliphatic carbocycles. The Hall–Kier alpha value is -2.46. The van der Waals surface area contributed by atoms with Crippen LogP contribution in [0.2, 0.25) is 5.02 Å². The molecule has 1 aromatic carbocycles. The number of pyridine rings is 1. The van der Waals surface area contributed by atoms with Gasteiger partial charge in [-0.3, -0.25) is 0 Å². The van der Waals surface area contributed by atoms with E-state index in [9.17, 15) is 19.0 Å². The molecule has 7 nitrogen and oxygen atoms in total. The van der Waals surface area contributed by atoms with Crippen LogP contribution < -0.4 is 15.8 Å². The van der Waals surface area contributed by atoms with E-state index in [0.717, 1.165) is 6.07 Å². The van der Waals surface area contributed by atoms with Crippen LogP contribution in [-0.4, -0.2) is 44.6 Å². The van der Waals surface area contributed by atoms with Crippen LogP contribution >= 0.6 is 11.6 Å². The van der Waals surface area contributed by atoms with E-state index >= 15 is 0 Å². The van der Waals surface area contributed by atoms with Gasteiger partial charge in [0, 0.05) is 48.2 Å². The van der Waals surface area contributed by atoms with Gasteiger partial charge in [0.2, 0.25) is 0 Å². The summed E-state index contributed by atoms with van der Waals surface area (Å²) in [6.45, 7) is 0.870. The van der Waals surface area contributed by atoms with E-state index in [-0.39, 0.29) is 17.7 Å². The molecule has 0 saturated heterocycles. The summed E-state index contributed by atoms with van der Waals surface area (Å²) in [5, 5.41) is 25.5. The second kappa shape index (κ2) is 7.59. The normalized spacial score (nSPS) is 25.7. The average Bonchev–Trinajstić information content (AvgIpc) is 3.24. The third-order valence-corrected chi connectivity index (χ3v) is 6.47. The third kappa shape index (κ3) is 3.23. The SMILES string of the molecule is Nc1ccnc2c1c(Cl)cn2[C@@H]1C[C@H](Oc2cc(F)c(F)c3c2CNCC3)[C@@H](O)[C@H]1O. The standard InChI is InChI=1S/C21H21ClF2N4O3/c22-11-8-28(21-17(11)13(25)2-4-27-21)14-6-16(20(30)19(14)29)31-15-5-12(23)18(24)9-1-3-26-7-10(9)15/h2,4-5,8,14,16,19-20,26,29-30H,1,3,6-7H2,(H2,25,27)/t14-,16+,19+,20-/m1/s1. The van der Waals surface area contributed by atoms with Gasteiger partial charge in [-0.25, -0.2) is 13.8 Å². The molecule has 0 unspecified atom stereocenters. The minimum absolute atomic E-state index is 0.163. The maximum atomic E-state index is 14.2. The molecule has 5 rings (SSSR count). The molecule has 2 aliphatic rings. The van der Waals surface area contributed by atoms with Crippen molar-refractivity contribution in [1.82, 2.24) is 14.9 Å². The summed E-state index contributed by atoms with van der Waals surface area (Å²) in [4.78, 5) is 4.32. The lowest BCUT2D eigenvalue weighted by molar-refractivity contribution is -0.0167. The van der Waals surface area contributed by atoms with Crippen molar-refractivity contribution in [2.75, 3.05) is 12.3 Å². The number of nitrogens with one attached hydrogen (secondary N) is 1. The molecule has 2 aromatic heterocycles. The summed E-state index contributed by atoms with van der Waals surface area (Å²) in [6.07, 6.45) is 0.433. The molecule has 31 heavy (non-hydrogen) atoms. The Morgan fingerprint density at radius 1 is 1.26 bits per heavy atom. The lowest BCUT2D eigenvalue weighted by atomic mass is 9.99. The molecular weight excluding hydrogens is 430 g/mol. The second-order valence-corrected chi connectivity index (χ2v) is 8.39. The highest BCUT2D eigenvalue weighted by Gasteiger charge is 2.45. The fourth-order valence-corrected chi connectivity index (χ4v) is 4.91. The Balaban J connectivity index is 1.48. The van der Waals surface area contributed by atoms with Crippen LogP contribution in [0.4, 0.5) is 14.5 Å². The first kappa shape index (κ1) is 20.4. The fraction of sp³-hybridized carbons (Fsp3) is 0.381. The number of hydrogen-bond donors (Lipinski definition) is 4. The van der Waals surface area contributed by atoms with Crippen LogP contribution in [0.5, 0.6) is 5.75 Å². The van der Waals surface area contributed by atoms with Crippen molar-refractivity contribution in [1.29, 1.82) is 0 Å². The zero-order valence-corrected chi connectivity index (χ0v) is 17.1. The predicted octanol–water partition coefficient (Wildman–Crippen LogP) is 2.31. The van der Waals surface area contributed by atoms with Gasteiger partial charge in [-0.2, -0.15) is 0 Å². The van der Waals surface area contributed by atoms with E-state index in [2.05, 4.69) is 10.3 Å². The minimum Gasteiger partial charge on any atom is -0.487 e. The quantitative estimate of drug-likeness (QED) is 0.488. The van der Waals surface area contributed by atoms with Crippen molar-refractivity contribution in [2.24, 2.45) is 0 Å². The molecule has 10 heteroatoms. The monoisotopic (exact) mass is 450 g/mol. The number of aromatic nitrogens is 2. The van der Waals surface area contributed by atoms with Crippen molar-refractivity contribution in [3.05, 3.63) is 52.3 Å². The van der Waals surface area contributed by atoms with Crippen LogP contribution in [0.25, 0.3) is 11.0 Å². The van der Waals surface area contributed by atoms with Gasteiger partial charge in [0.15, 0.2) is 11.6 Å². The molecule has 0 bridgehead atoms. The van der Waals surface area contributed by atoms with Gasteiger partial charge < -0.3 is 30.6 Å². The summed E-state index contributed by atoms with van der Waals surface area (Å²) >= 11 is 6.32. The van der Waals surface area contributed by atoms with Gasteiger partial charge in [-0.05, 0) is 19.0 Å². The molecule has 0 radical (unpaired) electrons. The fourth-order valence-electron chi connectivity index (χ4n) is 4.61. The third-order valence-electron chi connectivity index (χ3n) is 6.18. The number of nitrogens with two attached hydrogens (primary N) is 1. The number of rotatable bonds is 3. The molecule has 4 atom stereocenters. The number of halogens is 3. The first-order chi connectivity index (χ1) is 14.9. The zero-order chi connectivity index (χ0) is 21.9. The number of benzene rings is 1.